The highest BCUT2D eigenvalue weighted by atomic mass is 16.6. The number of hydrogen-bond acceptors (Lipinski definition) is 31. The summed E-state index contributed by atoms with van der Waals surface area (Å²) in [6.07, 6.45) is 40.7. The minimum absolute atomic E-state index is 0.0976. The van der Waals surface area contributed by atoms with Gasteiger partial charge in [0, 0.05) is 204 Å². The number of rotatable bonds is 22. The average molecular weight is 1690 g/mol. The molecule has 652 valence electrons. The minimum atomic E-state index is -0.337. The molecule has 0 unspecified atom stereocenters. The quantitative estimate of drug-likeness (QED) is 0.0490. The molecule has 9 aliphatic rings. The molecule has 0 atom stereocenters. The molecule has 124 heavy (non-hydrogen) atoms. The molecule has 0 radical (unpaired) electrons. The predicted octanol–water partition coefficient (Wildman–Crippen LogP) is 13.1. The van der Waals surface area contributed by atoms with Crippen LogP contribution in [0.15, 0.2) is 160 Å². The number of aromatic nitrogens is 12. The van der Waals surface area contributed by atoms with Gasteiger partial charge >= 0.3 is 6.09 Å². The molecular weight excluding hydrogens is 1580 g/mol. The fraction of sp³-hybridized carbons (Fsp3) is 0.489. The Morgan fingerprint density at radius 1 is 0.347 bits per heavy atom. The topological polar surface area (TPSA) is 334 Å². The first-order chi connectivity index (χ1) is 61.2. The van der Waals surface area contributed by atoms with Crippen molar-refractivity contribution in [2.24, 2.45) is 0 Å². The van der Waals surface area contributed by atoms with Crippen molar-refractivity contribution >= 4 is 90.3 Å². The van der Waals surface area contributed by atoms with E-state index >= 15 is 0 Å². The van der Waals surface area contributed by atoms with Crippen LogP contribution in [-0.4, -0.2) is 246 Å². The fourth-order valence-electron chi connectivity index (χ4n) is 17.3. The molecule has 5 saturated heterocycles. The van der Waals surface area contributed by atoms with E-state index in [1.54, 1.807) is 68.2 Å². The van der Waals surface area contributed by atoms with Crippen LogP contribution in [0.4, 0.5) is 44.9 Å². The first-order valence-electron chi connectivity index (χ1n) is 44.3. The third-order valence-corrected chi connectivity index (χ3v) is 24.0. The highest BCUT2D eigenvalue weighted by molar-refractivity contribution is 5.88. The Kier molecular flexibility index (Phi) is 29.0. The van der Waals surface area contributed by atoms with Crippen LogP contribution >= 0.6 is 0 Å². The molecule has 0 bridgehead atoms. The van der Waals surface area contributed by atoms with Crippen molar-refractivity contribution in [2.75, 3.05) is 161 Å². The van der Waals surface area contributed by atoms with Gasteiger partial charge < -0.3 is 93.0 Å². The zero-order chi connectivity index (χ0) is 83.9. The van der Waals surface area contributed by atoms with Crippen molar-refractivity contribution in [1.82, 2.24) is 65.1 Å². The number of anilines is 7. The van der Waals surface area contributed by atoms with Gasteiger partial charge in [0.25, 0.3) is 0 Å². The van der Waals surface area contributed by atoms with Gasteiger partial charge in [0.05, 0.1) is 137 Å². The van der Waals surface area contributed by atoms with E-state index < -0.39 is 0 Å². The average Bonchev–Trinajstić information content (AvgIpc) is 0.806. The zero-order valence-electron chi connectivity index (χ0n) is 70.5. The summed E-state index contributed by atoms with van der Waals surface area (Å²) in [5, 5.41) is 13.6. The highest BCUT2D eigenvalue weighted by Crippen LogP contribution is 2.39. The lowest BCUT2D eigenvalue weighted by atomic mass is 9.92. The second-order valence-corrected chi connectivity index (χ2v) is 32.5. The second-order valence-electron chi connectivity index (χ2n) is 32.5. The molecule has 7 aromatic heterocycles. The summed E-state index contributed by atoms with van der Waals surface area (Å²) >= 11 is 0. The molecule has 5 aliphatic heterocycles. The number of nitrogens with one attached hydrogen (secondary N) is 4. The fourth-order valence-corrected chi connectivity index (χ4v) is 17.3. The zero-order valence-corrected chi connectivity index (χ0v) is 70.5. The van der Waals surface area contributed by atoms with Gasteiger partial charge in [0.15, 0.2) is 5.75 Å². The number of hydrogen-bond donors (Lipinski definition) is 4. The number of pyridine rings is 2. The maximum Gasteiger partial charge on any atom is 0.407 e. The number of carbonyl (C=O) groups is 1. The molecule has 32 nitrogen and oxygen atoms in total. The summed E-state index contributed by atoms with van der Waals surface area (Å²) in [6, 6.07) is 26.3. The Morgan fingerprint density at radius 2 is 0.694 bits per heavy atom. The predicted molar refractivity (Wildman–Crippen MR) is 474 cm³/mol. The number of benzene rings is 4. The van der Waals surface area contributed by atoms with Crippen LogP contribution in [0.3, 0.4) is 0 Å². The Labute approximate surface area is 722 Å². The summed E-state index contributed by atoms with van der Waals surface area (Å²) in [7, 11) is 0. The van der Waals surface area contributed by atoms with Gasteiger partial charge in [-0.3, -0.25) is 29.9 Å². The van der Waals surface area contributed by atoms with Crippen LogP contribution in [-0.2, 0) is 28.4 Å². The monoisotopic (exact) mass is 1690 g/mol. The second kappa shape index (κ2) is 42.6. The number of ether oxygens (including phenoxy) is 11. The molecule has 9 fully saturated rings. The van der Waals surface area contributed by atoms with Gasteiger partial charge in [0.1, 0.15) is 51.2 Å². The summed E-state index contributed by atoms with van der Waals surface area (Å²) in [5.41, 5.74) is 13.4. The van der Waals surface area contributed by atoms with Crippen molar-refractivity contribution in [3.05, 3.63) is 160 Å². The number of amides is 1. The van der Waals surface area contributed by atoms with E-state index in [1.807, 2.05) is 43.7 Å². The number of fused-ring (bicyclic) bond motifs is 4. The van der Waals surface area contributed by atoms with Crippen LogP contribution in [0.2, 0.25) is 0 Å². The van der Waals surface area contributed by atoms with Crippen LogP contribution < -0.4 is 64.6 Å². The molecule has 4 aliphatic carbocycles. The van der Waals surface area contributed by atoms with Gasteiger partial charge in [-0.1, -0.05) is 0 Å². The van der Waals surface area contributed by atoms with Crippen molar-refractivity contribution in [2.45, 2.75) is 164 Å². The molecule has 11 aromatic rings. The number of nitrogens with zero attached hydrogens (tertiary/aromatic N) is 16. The lowest BCUT2D eigenvalue weighted by Crippen LogP contribution is -2.40. The Morgan fingerprint density at radius 3 is 1.03 bits per heavy atom. The van der Waals surface area contributed by atoms with E-state index in [-0.39, 0.29) is 42.7 Å². The maximum atomic E-state index is 11.6. The van der Waals surface area contributed by atoms with Crippen LogP contribution in [0.1, 0.15) is 110 Å². The van der Waals surface area contributed by atoms with E-state index in [0.29, 0.717) is 49.6 Å². The van der Waals surface area contributed by atoms with Gasteiger partial charge in [0.2, 0.25) is 5.95 Å². The summed E-state index contributed by atoms with van der Waals surface area (Å²) in [6.45, 7) is 16.4. The summed E-state index contributed by atoms with van der Waals surface area (Å²) in [5.74, 6) is 4.57. The molecular formula is C92H112N20O12. The van der Waals surface area contributed by atoms with Crippen LogP contribution in [0.25, 0.3) is 44.1 Å². The van der Waals surface area contributed by atoms with Crippen LogP contribution in [0, 0.1) is 0 Å². The van der Waals surface area contributed by atoms with E-state index in [1.165, 1.54) is 0 Å². The Balaban J connectivity index is 0.000000117. The standard InChI is InChI=1S/C25H30N6O4.2C23H27N5O2.C21H28N4O4/c1-3-19(4-2-17(1)30-25-28-13-20(14-29-25)34-21-15-33-16-21)35-23-12-18(31-7-9-32-10-8-31)11-22-24(23)27-6-5-26-22;1-3-20(4-2-17(1)27-18-5-7-24-8-6-18)30-22-16-19(28-11-13-29-14-12-28)15-21-23(22)26-10-9-25-21;1-2-18(16-24-7-1)27-17-3-5-20(6-4-17)30-22-15-19(28-10-12-29-13-11-28)14-21-23(22)26-9-8-25-21;1-2-28-21(26)24-15-3-5-17(6-4-15)29-19-14-16(25-9-11-27-12-10-25)13-18-20(19)23-8-7-22-18/h5-6,11-14,17,19,21H,1-4,7-10,15-16H2,(H,28,29,30);5-10,15-17,20H,1-4,11-14H2,(H,24,27);1-2,7-9,14-17,20,27H,3-6,10-13H2;7-8,13-15,17H,2-6,9-12H2,1H3,(H,24,26). The van der Waals surface area contributed by atoms with E-state index in [9.17, 15) is 4.79 Å². The summed E-state index contributed by atoms with van der Waals surface area (Å²) in [4.78, 5) is 74.3. The van der Waals surface area contributed by atoms with Crippen molar-refractivity contribution < 1.29 is 56.9 Å². The van der Waals surface area contributed by atoms with Crippen molar-refractivity contribution in [3.63, 3.8) is 0 Å². The molecule has 4 N–H and O–H groups in total. The van der Waals surface area contributed by atoms with Gasteiger partial charge in [-0.2, -0.15) is 0 Å². The van der Waals surface area contributed by atoms with Gasteiger partial charge in [-0.05, 0) is 158 Å². The summed E-state index contributed by atoms with van der Waals surface area (Å²) < 4.78 is 63.7. The number of alkyl carbamates (subject to hydrolysis) is 1. The molecule has 12 heterocycles. The third-order valence-electron chi connectivity index (χ3n) is 24.0. The van der Waals surface area contributed by atoms with E-state index in [0.717, 1.165) is 309 Å². The van der Waals surface area contributed by atoms with Gasteiger partial charge in [-0.25, -0.2) is 34.7 Å². The lowest BCUT2D eigenvalue weighted by Gasteiger charge is -2.31. The Hall–Kier alpha value is -11.7. The molecule has 32 heteroatoms. The molecule has 1 amide bonds. The molecule has 4 aromatic carbocycles. The smallest absolute Gasteiger partial charge is 0.407 e. The SMILES string of the molecule is CCOC(=O)NC1CCC(Oc2cc(N3CCOCC3)cc3nccnc23)CC1.c1cc(NC2CCC(Oc3cc(N4CCOCC4)cc4nccnc34)CC2)ccn1.c1cnc2c(OC3CCC(Nc4ncc(OC5COC5)cn4)CC3)cc(N3CCOCC3)cc2n1.c1cncc(NC2CCC(Oc3cc(N4CCOCC4)cc4nccnc34)CC2)c1. The third kappa shape index (κ3) is 23.0. The first kappa shape index (κ1) is 84.5. The lowest BCUT2D eigenvalue weighted by molar-refractivity contribution is -0.0799. The van der Waals surface area contributed by atoms with Crippen LogP contribution in [0.5, 0.6) is 28.7 Å². The van der Waals surface area contributed by atoms with Crippen molar-refractivity contribution in [1.29, 1.82) is 0 Å². The molecule has 4 saturated carbocycles. The Bertz CT molecular complexity index is 5020. The molecule has 20 rings (SSSR count). The largest absolute Gasteiger partial charge is 0.488 e. The van der Waals surface area contributed by atoms with Crippen molar-refractivity contribution in [3.8, 4) is 28.7 Å². The maximum absolute atomic E-state index is 11.6. The van der Waals surface area contributed by atoms with Gasteiger partial charge in [-0.15, -0.1) is 0 Å². The number of carbonyl (C=O) groups excluding carboxylic acids is 1. The van der Waals surface area contributed by atoms with E-state index in [2.05, 4.69) is 155 Å². The number of morpholine rings is 4. The first-order valence-corrected chi connectivity index (χ1v) is 44.3. The van der Waals surface area contributed by atoms with E-state index in [4.69, 9.17) is 52.1 Å². The highest BCUT2D eigenvalue weighted by Gasteiger charge is 2.31. The molecule has 0 spiro atoms. The minimum Gasteiger partial charge on any atom is -0.488 e. The normalized spacial score (nSPS) is 22.4.